The summed E-state index contributed by atoms with van der Waals surface area (Å²) in [6.45, 7) is 6.09. The van der Waals surface area contributed by atoms with Crippen LogP contribution in [0, 0.1) is 0 Å². The highest BCUT2D eigenvalue weighted by Gasteiger charge is 2.04. The average molecular weight is 205 g/mol. The van der Waals surface area contributed by atoms with Gasteiger partial charge in [-0.25, -0.2) is 0 Å². The van der Waals surface area contributed by atoms with Gasteiger partial charge in [-0.05, 0) is 31.2 Å². The molecule has 1 amide bonds. The number of amides is 1. The molecule has 0 saturated carbocycles. The maximum absolute atomic E-state index is 11.6. The maximum Gasteiger partial charge on any atom is 0.251 e. The molecule has 0 bridgehead atoms. The summed E-state index contributed by atoms with van der Waals surface area (Å²) in [5.41, 5.74) is 1.55. The molecule has 1 aromatic rings. The Morgan fingerprint density at radius 2 is 2.00 bits per heavy atom. The van der Waals surface area contributed by atoms with E-state index in [4.69, 9.17) is 4.74 Å². The number of methoxy groups -OCH3 is 1. The fourth-order valence-corrected chi connectivity index (χ4v) is 1.08. The van der Waals surface area contributed by atoms with Gasteiger partial charge in [-0.1, -0.05) is 12.2 Å². The van der Waals surface area contributed by atoms with Crippen molar-refractivity contribution in [2.24, 2.45) is 0 Å². The van der Waals surface area contributed by atoms with Gasteiger partial charge in [0.05, 0.1) is 7.11 Å². The van der Waals surface area contributed by atoms with Crippen molar-refractivity contribution in [3.05, 3.63) is 42.0 Å². The van der Waals surface area contributed by atoms with Crippen LogP contribution in [0.5, 0.6) is 5.75 Å². The Morgan fingerprint density at radius 3 is 2.47 bits per heavy atom. The van der Waals surface area contributed by atoms with E-state index in [0.29, 0.717) is 12.1 Å². The minimum absolute atomic E-state index is 0.0966. The molecule has 3 heteroatoms. The normalized spacial score (nSPS) is 9.47. The van der Waals surface area contributed by atoms with Crippen molar-refractivity contribution in [2.75, 3.05) is 13.7 Å². The summed E-state index contributed by atoms with van der Waals surface area (Å²) in [5, 5.41) is 2.76. The summed E-state index contributed by atoms with van der Waals surface area (Å²) < 4.78 is 5.00. The fraction of sp³-hybridized carbons (Fsp3) is 0.250. The molecule has 1 N–H and O–H groups in total. The molecular weight excluding hydrogens is 190 g/mol. The van der Waals surface area contributed by atoms with Crippen molar-refractivity contribution in [3.8, 4) is 5.75 Å². The Labute approximate surface area is 89.8 Å². The minimum atomic E-state index is -0.0966. The maximum atomic E-state index is 11.6. The van der Waals surface area contributed by atoms with Crippen LogP contribution in [0.2, 0.25) is 0 Å². The number of benzene rings is 1. The smallest absolute Gasteiger partial charge is 0.251 e. The molecule has 0 fully saturated rings. The van der Waals surface area contributed by atoms with Crippen LogP contribution < -0.4 is 10.1 Å². The summed E-state index contributed by atoms with van der Waals surface area (Å²) in [6.07, 6.45) is 0. The molecule has 0 radical (unpaired) electrons. The summed E-state index contributed by atoms with van der Waals surface area (Å²) in [7, 11) is 1.59. The monoisotopic (exact) mass is 205 g/mol. The van der Waals surface area contributed by atoms with Crippen LogP contribution >= 0.6 is 0 Å². The van der Waals surface area contributed by atoms with Gasteiger partial charge in [0.1, 0.15) is 5.75 Å². The molecule has 0 heterocycles. The van der Waals surface area contributed by atoms with E-state index in [1.165, 1.54) is 0 Å². The zero-order valence-electron chi connectivity index (χ0n) is 9.04. The first-order chi connectivity index (χ1) is 7.13. The summed E-state index contributed by atoms with van der Waals surface area (Å²) in [4.78, 5) is 11.6. The van der Waals surface area contributed by atoms with Crippen molar-refractivity contribution < 1.29 is 9.53 Å². The van der Waals surface area contributed by atoms with Crippen LogP contribution in [0.4, 0.5) is 0 Å². The van der Waals surface area contributed by atoms with Crippen LogP contribution in [0.25, 0.3) is 0 Å². The lowest BCUT2D eigenvalue weighted by Gasteiger charge is -2.05. The van der Waals surface area contributed by atoms with Gasteiger partial charge in [0, 0.05) is 12.1 Å². The predicted molar refractivity (Wildman–Crippen MR) is 60.1 cm³/mol. The third kappa shape index (κ3) is 3.46. The highest BCUT2D eigenvalue weighted by molar-refractivity contribution is 5.94. The quantitative estimate of drug-likeness (QED) is 0.763. The Hall–Kier alpha value is -1.77. The van der Waals surface area contributed by atoms with Gasteiger partial charge in [0.15, 0.2) is 0 Å². The van der Waals surface area contributed by atoms with Crippen LogP contribution in [0.15, 0.2) is 36.4 Å². The van der Waals surface area contributed by atoms with E-state index in [2.05, 4.69) is 11.9 Å². The van der Waals surface area contributed by atoms with E-state index < -0.39 is 0 Å². The van der Waals surface area contributed by atoms with Gasteiger partial charge in [0.2, 0.25) is 0 Å². The zero-order valence-corrected chi connectivity index (χ0v) is 9.04. The second-order valence-electron chi connectivity index (χ2n) is 3.37. The molecule has 0 aliphatic carbocycles. The first-order valence-electron chi connectivity index (χ1n) is 4.70. The first-order valence-corrected chi connectivity index (χ1v) is 4.70. The van der Waals surface area contributed by atoms with E-state index in [-0.39, 0.29) is 5.91 Å². The molecule has 3 nitrogen and oxygen atoms in total. The minimum Gasteiger partial charge on any atom is -0.497 e. The Balaban J connectivity index is 2.62. The van der Waals surface area contributed by atoms with Gasteiger partial charge in [-0.2, -0.15) is 0 Å². The molecule has 1 rings (SSSR count). The second-order valence-corrected chi connectivity index (χ2v) is 3.37. The van der Waals surface area contributed by atoms with Gasteiger partial charge in [0.25, 0.3) is 5.91 Å². The molecule has 0 atom stereocenters. The van der Waals surface area contributed by atoms with Gasteiger partial charge in [-0.15, -0.1) is 0 Å². The predicted octanol–water partition coefficient (Wildman–Crippen LogP) is 2.00. The number of rotatable bonds is 4. The van der Waals surface area contributed by atoms with E-state index in [1.807, 2.05) is 6.92 Å². The average Bonchev–Trinajstić information content (AvgIpc) is 2.26. The first kappa shape index (κ1) is 11.3. The largest absolute Gasteiger partial charge is 0.497 e. The second kappa shape index (κ2) is 5.20. The molecule has 0 aliphatic heterocycles. The van der Waals surface area contributed by atoms with Crippen LogP contribution in [-0.2, 0) is 0 Å². The number of hydrogen-bond acceptors (Lipinski definition) is 2. The SMILES string of the molecule is C=C(C)CNC(=O)c1ccc(OC)cc1. The van der Waals surface area contributed by atoms with E-state index in [0.717, 1.165) is 11.3 Å². The lowest BCUT2D eigenvalue weighted by Crippen LogP contribution is -2.24. The van der Waals surface area contributed by atoms with Crippen molar-refractivity contribution in [1.29, 1.82) is 0 Å². The van der Waals surface area contributed by atoms with Crippen LogP contribution in [0.1, 0.15) is 17.3 Å². The number of hydrogen-bond donors (Lipinski definition) is 1. The molecule has 0 spiro atoms. The molecule has 80 valence electrons. The zero-order chi connectivity index (χ0) is 11.3. The standard InChI is InChI=1S/C12H15NO2/c1-9(2)8-13-12(14)10-4-6-11(15-3)7-5-10/h4-7H,1,8H2,2-3H3,(H,13,14). The lowest BCUT2D eigenvalue weighted by atomic mass is 10.2. The van der Waals surface area contributed by atoms with E-state index >= 15 is 0 Å². The molecule has 15 heavy (non-hydrogen) atoms. The molecule has 0 unspecified atom stereocenters. The number of ether oxygens (including phenoxy) is 1. The summed E-state index contributed by atoms with van der Waals surface area (Å²) >= 11 is 0. The van der Waals surface area contributed by atoms with Gasteiger partial charge >= 0.3 is 0 Å². The number of carbonyl (C=O) groups is 1. The Morgan fingerprint density at radius 1 is 1.40 bits per heavy atom. The highest BCUT2D eigenvalue weighted by atomic mass is 16.5. The van der Waals surface area contributed by atoms with Crippen molar-refractivity contribution in [2.45, 2.75) is 6.92 Å². The van der Waals surface area contributed by atoms with Crippen LogP contribution in [0.3, 0.4) is 0 Å². The van der Waals surface area contributed by atoms with Crippen molar-refractivity contribution in [3.63, 3.8) is 0 Å². The molecule has 1 aromatic carbocycles. The third-order valence-electron chi connectivity index (χ3n) is 1.90. The fourth-order valence-electron chi connectivity index (χ4n) is 1.08. The highest BCUT2D eigenvalue weighted by Crippen LogP contribution is 2.10. The summed E-state index contributed by atoms with van der Waals surface area (Å²) in [6, 6.07) is 6.98. The van der Waals surface area contributed by atoms with Gasteiger partial charge < -0.3 is 10.1 Å². The molecular formula is C12H15NO2. The van der Waals surface area contributed by atoms with E-state index in [1.54, 1.807) is 31.4 Å². The number of carbonyl (C=O) groups excluding carboxylic acids is 1. The Kier molecular flexibility index (Phi) is 3.92. The molecule has 0 aliphatic rings. The number of nitrogens with one attached hydrogen (secondary N) is 1. The third-order valence-corrected chi connectivity index (χ3v) is 1.90. The molecule has 0 aromatic heterocycles. The summed E-state index contributed by atoms with van der Waals surface area (Å²) in [5.74, 6) is 0.645. The Bertz CT molecular complexity index is 354. The van der Waals surface area contributed by atoms with Crippen molar-refractivity contribution in [1.82, 2.24) is 5.32 Å². The van der Waals surface area contributed by atoms with Gasteiger partial charge in [-0.3, -0.25) is 4.79 Å². The van der Waals surface area contributed by atoms with E-state index in [9.17, 15) is 4.79 Å². The van der Waals surface area contributed by atoms with Crippen LogP contribution in [-0.4, -0.2) is 19.6 Å². The topological polar surface area (TPSA) is 38.3 Å². The van der Waals surface area contributed by atoms with Crippen molar-refractivity contribution >= 4 is 5.91 Å². The molecule has 0 saturated heterocycles. The lowest BCUT2D eigenvalue weighted by molar-refractivity contribution is 0.0957.